The molecule has 4 aromatic carbocycles. The predicted molar refractivity (Wildman–Crippen MR) is 190 cm³/mol. The van der Waals surface area contributed by atoms with Crippen LogP contribution in [-0.2, 0) is 23.2 Å². The summed E-state index contributed by atoms with van der Waals surface area (Å²) in [6, 6.07) is 25.3. The molecule has 0 unspecified atom stereocenters. The highest BCUT2D eigenvalue weighted by molar-refractivity contribution is 8.08. The third-order valence-electron chi connectivity index (χ3n) is 7.90. The van der Waals surface area contributed by atoms with Gasteiger partial charge in [0, 0.05) is 29.9 Å². The van der Waals surface area contributed by atoms with E-state index in [1.165, 1.54) is 54.3 Å². The van der Waals surface area contributed by atoms with Gasteiger partial charge in [-0.25, -0.2) is 8.42 Å². The van der Waals surface area contributed by atoms with Crippen LogP contribution in [0.5, 0.6) is 0 Å². The quantitative estimate of drug-likeness (QED) is 0.168. The lowest BCUT2D eigenvalue weighted by molar-refractivity contribution is -0.665. The van der Waals surface area contributed by atoms with Crippen molar-refractivity contribution in [1.29, 1.82) is 0 Å². The first-order valence-corrected chi connectivity index (χ1v) is 18.7. The van der Waals surface area contributed by atoms with Crippen LogP contribution in [0.15, 0.2) is 93.4 Å². The second kappa shape index (κ2) is 12.8. The summed E-state index contributed by atoms with van der Waals surface area (Å²) in [6.07, 6.45) is 2.21. The van der Waals surface area contributed by atoms with Crippen LogP contribution in [0.2, 0.25) is 0 Å². The maximum absolute atomic E-state index is 13.6. The van der Waals surface area contributed by atoms with Crippen LogP contribution >= 0.6 is 34.4 Å². The third-order valence-corrected chi connectivity index (χ3v) is 12.4. The number of hydrogen-bond acceptors (Lipinski definition) is 8. The first-order chi connectivity index (χ1) is 22.0. The summed E-state index contributed by atoms with van der Waals surface area (Å²) >= 11 is 5.11. The van der Waals surface area contributed by atoms with Crippen LogP contribution in [-0.4, -0.2) is 24.6 Å². The molecule has 2 aromatic heterocycles. The summed E-state index contributed by atoms with van der Waals surface area (Å²) in [6.45, 7) is 9.69. The van der Waals surface area contributed by atoms with Crippen LogP contribution in [0.1, 0.15) is 30.0 Å². The van der Waals surface area contributed by atoms with E-state index >= 15 is 0 Å². The smallest absolute Gasteiger partial charge is 0.271 e. The fourth-order valence-corrected chi connectivity index (χ4v) is 9.77. The van der Waals surface area contributed by atoms with Gasteiger partial charge in [0.05, 0.1) is 16.7 Å². The molecule has 0 atom stereocenters. The Bertz CT molecular complexity index is 2410. The Morgan fingerprint density at radius 2 is 1.63 bits per heavy atom. The number of anilines is 1. The summed E-state index contributed by atoms with van der Waals surface area (Å²) in [5, 5.41) is 4.73. The number of rotatable bonds is 4. The Balaban J connectivity index is 0.000000288. The van der Waals surface area contributed by atoms with Gasteiger partial charge >= 0.3 is 0 Å². The van der Waals surface area contributed by atoms with Gasteiger partial charge in [-0.15, -0.1) is 11.3 Å². The Morgan fingerprint density at radius 1 is 0.913 bits per heavy atom. The van der Waals surface area contributed by atoms with E-state index in [1.54, 1.807) is 35.2 Å². The van der Waals surface area contributed by atoms with Crippen molar-refractivity contribution in [3.05, 3.63) is 115 Å². The second-order valence-corrected chi connectivity index (χ2v) is 15.5. The van der Waals surface area contributed by atoms with Crippen molar-refractivity contribution in [2.24, 2.45) is 0 Å². The van der Waals surface area contributed by atoms with Crippen LogP contribution in [0, 0.1) is 13.8 Å². The monoisotopic (exact) mass is 687 g/mol. The molecule has 0 fully saturated rings. The zero-order chi connectivity index (χ0) is 32.7. The fraction of sp³-hybridized carbons (Fsp3) is 0.200. The highest BCUT2D eigenvalue weighted by Gasteiger charge is 2.25. The average Bonchev–Trinajstić information content (AvgIpc) is 3.67. The number of benzene rings is 4. The number of fused-ring (bicyclic) bond motifs is 4. The van der Waals surface area contributed by atoms with E-state index in [1.807, 2.05) is 22.8 Å². The lowest BCUT2D eigenvalue weighted by Crippen LogP contribution is -2.35. The van der Waals surface area contributed by atoms with Gasteiger partial charge in [0.25, 0.3) is 10.6 Å². The Morgan fingerprint density at radius 3 is 2.33 bits per heavy atom. The molecule has 0 bridgehead atoms. The number of nitrogens with zero attached hydrogens (tertiary/aromatic N) is 3. The van der Waals surface area contributed by atoms with Crippen LogP contribution in [0.4, 0.5) is 5.69 Å². The van der Waals surface area contributed by atoms with Crippen LogP contribution in [0.3, 0.4) is 0 Å². The molecule has 46 heavy (non-hydrogen) atoms. The third kappa shape index (κ3) is 6.05. The fourth-order valence-electron chi connectivity index (χ4n) is 5.50. The topological polar surface area (TPSA) is 86.3 Å². The molecule has 1 aliphatic heterocycles. The molecule has 7 nitrogen and oxygen atoms in total. The molecular formula is C35H33N3O4S4. The molecule has 7 rings (SSSR count). The minimum absolute atomic E-state index is 0.0947. The average molecular weight is 688 g/mol. The van der Waals surface area contributed by atoms with Gasteiger partial charge in [-0.05, 0) is 69.0 Å². The minimum atomic E-state index is -4.27. The number of aromatic nitrogens is 2. The zero-order valence-corrected chi connectivity index (χ0v) is 29.4. The molecule has 6 aromatic rings. The molecule has 0 spiro atoms. The maximum atomic E-state index is 13.6. The highest BCUT2D eigenvalue weighted by Crippen LogP contribution is 2.45. The number of hydrogen-bond donors (Lipinski definition) is 0. The van der Waals surface area contributed by atoms with Crippen molar-refractivity contribution in [1.82, 2.24) is 4.57 Å². The SMILES string of the molecule is CCn1c(=Cc2sc3c4ccccc4ccc3[n+]2CC)s/c(=C2\Sc3ccc(C)cc3N2C)c1=O.Cc1ccc(S(=O)(=O)[O-])cc1. The molecule has 0 radical (unpaired) electrons. The normalized spacial score (nSPS) is 14.6. The molecule has 0 N–H and O–H groups in total. The maximum Gasteiger partial charge on any atom is 0.271 e. The second-order valence-electron chi connectivity index (χ2n) is 11.0. The molecule has 0 saturated heterocycles. The van der Waals surface area contributed by atoms with Gasteiger partial charge in [0.1, 0.15) is 35.6 Å². The van der Waals surface area contributed by atoms with Crippen LogP contribution in [0.25, 0.3) is 32.1 Å². The molecule has 0 aliphatic carbocycles. The molecule has 1 aliphatic rings. The molecule has 0 saturated carbocycles. The van der Waals surface area contributed by atoms with E-state index in [0.29, 0.717) is 6.54 Å². The summed E-state index contributed by atoms with van der Waals surface area (Å²) in [5.41, 5.74) is 4.67. The minimum Gasteiger partial charge on any atom is -0.744 e. The number of aryl methyl sites for hydroxylation is 3. The first kappa shape index (κ1) is 32.2. The molecule has 0 amide bonds. The predicted octanol–water partition coefficient (Wildman–Crippen LogP) is 5.95. The molecule has 11 heteroatoms. The van der Waals surface area contributed by atoms with Gasteiger partial charge in [0.15, 0.2) is 0 Å². The van der Waals surface area contributed by atoms with Gasteiger partial charge in [0.2, 0.25) is 5.52 Å². The van der Waals surface area contributed by atoms with Crippen molar-refractivity contribution in [3.8, 4) is 0 Å². The molecular weight excluding hydrogens is 655 g/mol. The van der Waals surface area contributed by atoms with E-state index in [-0.39, 0.29) is 10.5 Å². The van der Waals surface area contributed by atoms with Gasteiger partial charge < -0.3 is 9.45 Å². The van der Waals surface area contributed by atoms with Gasteiger partial charge in [-0.1, -0.05) is 71.1 Å². The lowest BCUT2D eigenvalue weighted by Gasteiger charge is -2.12. The standard InChI is InChI=1S/C28H26N3OS3.C7H8O3S/c1-5-30-20-13-12-18-9-7-8-10-19(18)25(20)34-23(30)16-24-31(6-2)27(32)26(35-24)28-29(4)21-15-17(3)11-14-22(21)33-28;1-6-2-4-7(5-3-6)11(8,9)10/h7-16H,5-6H2,1-4H3;2-5H,1H3,(H,8,9,10)/q+1;/p-1/b28-26-;. The summed E-state index contributed by atoms with van der Waals surface area (Å²) in [4.78, 5) is 16.7. The largest absolute Gasteiger partial charge is 0.744 e. The molecule has 236 valence electrons. The van der Waals surface area contributed by atoms with E-state index in [9.17, 15) is 17.8 Å². The van der Waals surface area contributed by atoms with E-state index in [2.05, 4.69) is 98.0 Å². The van der Waals surface area contributed by atoms with Crippen molar-refractivity contribution in [2.45, 2.75) is 50.6 Å². The van der Waals surface area contributed by atoms with E-state index in [0.717, 1.165) is 26.3 Å². The number of thioether (sulfide) groups is 1. The van der Waals surface area contributed by atoms with Crippen LogP contribution < -0.4 is 24.2 Å². The van der Waals surface area contributed by atoms with Gasteiger partial charge in [-0.2, -0.15) is 4.57 Å². The van der Waals surface area contributed by atoms with E-state index < -0.39 is 10.1 Å². The Kier molecular flexibility index (Phi) is 8.97. The number of thiazole rings is 2. The lowest BCUT2D eigenvalue weighted by atomic mass is 10.1. The molecule has 3 heterocycles. The zero-order valence-electron chi connectivity index (χ0n) is 26.1. The Hall–Kier alpha value is -3.74. The summed E-state index contributed by atoms with van der Waals surface area (Å²) in [5.74, 6) is 0. The highest BCUT2D eigenvalue weighted by atomic mass is 32.2. The van der Waals surface area contributed by atoms with Crippen molar-refractivity contribution in [2.75, 3.05) is 11.9 Å². The van der Waals surface area contributed by atoms with Gasteiger partial charge in [-0.3, -0.25) is 9.36 Å². The van der Waals surface area contributed by atoms with Crippen molar-refractivity contribution < 1.29 is 17.5 Å². The van der Waals surface area contributed by atoms with E-state index in [4.69, 9.17) is 0 Å². The Labute approximate surface area is 280 Å². The van der Waals surface area contributed by atoms with Crippen molar-refractivity contribution in [3.63, 3.8) is 0 Å². The van der Waals surface area contributed by atoms with Crippen molar-refractivity contribution >= 4 is 82.3 Å². The summed E-state index contributed by atoms with van der Waals surface area (Å²) in [7, 11) is -2.21. The first-order valence-electron chi connectivity index (χ1n) is 14.8. The summed E-state index contributed by atoms with van der Waals surface area (Å²) < 4.78 is 38.5.